The Morgan fingerprint density at radius 3 is 3.00 bits per heavy atom. The Morgan fingerprint density at radius 1 is 1.45 bits per heavy atom. The largest absolute Gasteiger partial charge is 0.377 e. The van der Waals surface area contributed by atoms with Crippen molar-refractivity contribution >= 4 is 11.6 Å². The second-order valence-electron chi connectivity index (χ2n) is 5.03. The zero-order valence-electron chi connectivity index (χ0n) is 12.0. The minimum absolute atomic E-state index is 0.0100. The van der Waals surface area contributed by atoms with Crippen LogP contribution in [0.4, 0.5) is 20.4 Å². The van der Waals surface area contributed by atoms with Crippen LogP contribution in [0.15, 0.2) is 6.07 Å². The summed E-state index contributed by atoms with van der Waals surface area (Å²) in [6.45, 7) is 6.39. The number of hydrogen-bond donors (Lipinski definition) is 1. The van der Waals surface area contributed by atoms with Crippen molar-refractivity contribution in [2.45, 2.75) is 32.8 Å². The number of ether oxygens (including phenoxy) is 1. The number of halogens is 2. The molecule has 1 atom stereocenters. The van der Waals surface area contributed by atoms with Crippen LogP contribution in [0, 0.1) is 11.6 Å². The molecule has 0 saturated carbocycles. The van der Waals surface area contributed by atoms with E-state index in [0.717, 1.165) is 18.9 Å². The van der Waals surface area contributed by atoms with Crippen LogP contribution < -0.4 is 10.2 Å². The van der Waals surface area contributed by atoms with E-state index in [0.29, 0.717) is 26.2 Å². The minimum Gasteiger partial charge on any atom is -0.377 e. The van der Waals surface area contributed by atoms with Gasteiger partial charge in [0.2, 0.25) is 0 Å². The van der Waals surface area contributed by atoms with Gasteiger partial charge in [0.05, 0.1) is 6.10 Å². The first-order chi connectivity index (χ1) is 9.61. The predicted molar refractivity (Wildman–Crippen MR) is 75.2 cm³/mol. The summed E-state index contributed by atoms with van der Waals surface area (Å²) < 4.78 is 33.2. The van der Waals surface area contributed by atoms with Crippen LogP contribution in [0.2, 0.25) is 0 Å². The maximum Gasteiger partial charge on any atom is 0.168 e. The lowest BCUT2D eigenvalue weighted by Gasteiger charge is -2.24. The van der Waals surface area contributed by atoms with Gasteiger partial charge in [-0.1, -0.05) is 6.92 Å². The monoisotopic (exact) mass is 285 g/mol. The SMILES string of the molecule is CCCNc1nc(N2CCCOC(C)C2)c(F)cc1F. The molecule has 1 aromatic rings. The molecular weight excluding hydrogens is 264 g/mol. The number of nitrogens with zero attached hydrogens (tertiary/aromatic N) is 2. The van der Waals surface area contributed by atoms with Gasteiger partial charge in [-0.2, -0.15) is 0 Å². The van der Waals surface area contributed by atoms with Gasteiger partial charge < -0.3 is 15.0 Å². The van der Waals surface area contributed by atoms with Crippen LogP contribution in [0.5, 0.6) is 0 Å². The van der Waals surface area contributed by atoms with E-state index >= 15 is 0 Å². The normalized spacial score (nSPS) is 19.8. The average Bonchev–Trinajstić information content (AvgIpc) is 2.62. The third-order valence-electron chi connectivity index (χ3n) is 3.21. The van der Waals surface area contributed by atoms with Crippen molar-refractivity contribution in [1.29, 1.82) is 0 Å². The van der Waals surface area contributed by atoms with Crippen molar-refractivity contribution in [2.24, 2.45) is 0 Å². The molecule has 20 heavy (non-hydrogen) atoms. The molecule has 6 heteroatoms. The lowest BCUT2D eigenvalue weighted by Crippen LogP contribution is -2.32. The highest BCUT2D eigenvalue weighted by Crippen LogP contribution is 2.24. The van der Waals surface area contributed by atoms with Crippen molar-refractivity contribution < 1.29 is 13.5 Å². The molecule has 1 aliphatic heterocycles. The number of hydrogen-bond acceptors (Lipinski definition) is 4. The van der Waals surface area contributed by atoms with E-state index in [1.807, 2.05) is 18.7 Å². The fraction of sp³-hybridized carbons (Fsp3) is 0.643. The van der Waals surface area contributed by atoms with E-state index in [-0.39, 0.29) is 17.7 Å². The number of anilines is 2. The third-order valence-corrected chi connectivity index (χ3v) is 3.21. The Hall–Kier alpha value is -1.43. The topological polar surface area (TPSA) is 37.4 Å². The number of nitrogens with one attached hydrogen (secondary N) is 1. The Kier molecular flexibility index (Phi) is 5.11. The summed E-state index contributed by atoms with van der Waals surface area (Å²) in [6, 6.07) is 0.900. The third kappa shape index (κ3) is 3.56. The number of aromatic nitrogens is 1. The molecule has 0 aromatic carbocycles. The lowest BCUT2D eigenvalue weighted by molar-refractivity contribution is 0.0820. The number of pyridine rings is 1. The van der Waals surface area contributed by atoms with Gasteiger partial charge in [-0.05, 0) is 19.8 Å². The molecule has 1 N–H and O–H groups in total. The van der Waals surface area contributed by atoms with Crippen LogP contribution in [0.1, 0.15) is 26.7 Å². The molecule has 1 fully saturated rings. The van der Waals surface area contributed by atoms with Crippen LogP contribution in [-0.2, 0) is 4.74 Å². The van der Waals surface area contributed by atoms with Gasteiger partial charge in [0, 0.05) is 32.3 Å². The lowest BCUT2D eigenvalue weighted by atomic mass is 10.3. The minimum atomic E-state index is -0.654. The van der Waals surface area contributed by atoms with Gasteiger partial charge in [-0.25, -0.2) is 13.8 Å². The quantitative estimate of drug-likeness (QED) is 0.923. The first-order valence-corrected chi connectivity index (χ1v) is 7.08. The Bertz CT molecular complexity index is 456. The predicted octanol–water partition coefficient (Wildman–Crippen LogP) is 2.80. The van der Waals surface area contributed by atoms with Gasteiger partial charge in [-0.15, -0.1) is 0 Å². The van der Waals surface area contributed by atoms with E-state index in [9.17, 15) is 8.78 Å². The summed E-state index contributed by atoms with van der Waals surface area (Å²) in [5, 5.41) is 2.89. The van der Waals surface area contributed by atoms with E-state index in [2.05, 4.69) is 10.3 Å². The highest BCUT2D eigenvalue weighted by Gasteiger charge is 2.21. The van der Waals surface area contributed by atoms with Gasteiger partial charge in [0.25, 0.3) is 0 Å². The molecule has 2 heterocycles. The zero-order chi connectivity index (χ0) is 14.5. The van der Waals surface area contributed by atoms with Crippen LogP contribution in [-0.4, -0.2) is 37.3 Å². The highest BCUT2D eigenvalue weighted by atomic mass is 19.1. The maximum atomic E-state index is 14.0. The van der Waals surface area contributed by atoms with Crippen LogP contribution >= 0.6 is 0 Å². The smallest absolute Gasteiger partial charge is 0.168 e. The maximum absolute atomic E-state index is 14.0. The van der Waals surface area contributed by atoms with Gasteiger partial charge in [0.1, 0.15) is 0 Å². The van der Waals surface area contributed by atoms with E-state index in [4.69, 9.17) is 4.74 Å². The first kappa shape index (κ1) is 15.0. The Morgan fingerprint density at radius 2 is 2.25 bits per heavy atom. The van der Waals surface area contributed by atoms with E-state index in [1.165, 1.54) is 0 Å². The standard InChI is InChI=1S/C14H21F2N3O/c1-3-5-17-13-11(15)8-12(16)14(18-13)19-6-4-7-20-10(2)9-19/h8,10H,3-7,9H2,1-2H3,(H,17,18). The van der Waals surface area contributed by atoms with E-state index < -0.39 is 11.6 Å². The summed E-state index contributed by atoms with van der Waals surface area (Å²) in [7, 11) is 0. The average molecular weight is 285 g/mol. The summed E-state index contributed by atoms with van der Waals surface area (Å²) in [5.41, 5.74) is 0. The van der Waals surface area contributed by atoms with Crippen molar-refractivity contribution in [3.05, 3.63) is 17.7 Å². The second kappa shape index (κ2) is 6.83. The molecule has 0 amide bonds. The van der Waals surface area contributed by atoms with Crippen molar-refractivity contribution in [1.82, 2.24) is 4.98 Å². The van der Waals surface area contributed by atoms with Gasteiger partial charge in [0.15, 0.2) is 23.3 Å². The zero-order valence-corrected chi connectivity index (χ0v) is 12.0. The fourth-order valence-electron chi connectivity index (χ4n) is 2.23. The molecule has 2 rings (SSSR count). The van der Waals surface area contributed by atoms with Gasteiger partial charge >= 0.3 is 0 Å². The second-order valence-corrected chi connectivity index (χ2v) is 5.03. The van der Waals surface area contributed by atoms with Crippen molar-refractivity contribution in [3.63, 3.8) is 0 Å². The summed E-state index contributed by atoms with van der Waals surface area (Å²) in [4.78, 5) is 5.94. The fourth-order valence-corrected chi connectivity index (χ4v) is 2.23. The Balaban J connectivity index is 2.24. The molecule has 0 aliphatic carbocycles. The van der Waals surface area contributed by atoms with Crippen molar-refractivity contribution in [3.8, 4) is 0 Å². The van der Waals surface area contributed by atoms with Crippen LogP contribution in [0.3, 0.4) is 0 Å². The Labute approximate surface area is 118 Å². The molecule has 1 saturated heterocycles. The molecule has 1 unspecified atom stereocenters. The molecule has 0 spiro atoms. The molecule has 4 nitrogen and oxygen atoms in total. The van der Waals surface area contributed by atoms with Crippen molar-refractivity contribution in [2.75, 3.05) is 36.5 Å². The summed E-state index contributed by atoms with van der Waals surface area (Å²) in [6.07, 6.45) is 1.67. The molecule has 0 bridgehead atoms. The molecule has 112 valence electrons. The molecule has 1 aromatic heterocycles. The number of rotatable bonds is 4. The molecule has 0 radical (unpaired) electrons. The van der Waals surface area contributed by atoms with Gasteiger partial charge in [-0.3, -0.25) is 0 Å². The highest BCUT2D eigenvalue weighted by molar-refractivity contribution is 5.49. The van der Waals surface area contributed by atoms with E-state index in [1.54, 1.807) is 0 Å². The summed E-state index contributed by atoms with van der Waals surface area (Å²) >= 11 is 0. The first-order valence-electron chi connectivity index (χ1n) is 7.08. The molecular formula is C14H21F2N3O. The van der Waals surface area contributed by atoms with Crippen LogP contribution in [0.25, 0.3) is 0 Å². The summed E-state index contributed by atoms with van der Waals surface area (Å²) in [5.74, 6) is -0.971. The molecule has 1 aliphatic rings.